The molecule has 3 N–H and O–H groups in total. The van der Waals surface area contributed by atoms with E-state index in [0.717, 1.165) is 63.6 Å². The normalized spacial score (nSPS) is 16.7. The molecular weight excluding hydrogens is 478 g/mol. The minimum absolute atomic E-state index is 0. The molecule has 3 heterocycles. The summed E-state index contributed by atoms with van der Waals surface area (Å²) in [5, 5.41) is 13.5. The molecule has 9 heteroatoms. The summed E-state index contributed by atoms with van der Waals surface area (Å²) in [5.74, 6) is -0.211. The number of nitrogens with one attached hydrogen (secondary N) is 1. The Bertz CT molecular complexity index is 1220. The number of morpholine rings is 1. The van der Waals surface area contributed by atoms with Crippen LogP contribution in [0.1, 0.15) is 28.8 Å². The minimum Gasteiger partial charge on any atom is -0.412 e. The zero-order chi connectivity index (χ0) is 24.2. The van der Waals surface area contributed by atoms with Gasteiger partial charge in [0.2, 0.25) is 0 Å². The predicted octanol–water partition coefficient (Wildman–Crippen LogP) is 3.73. The van der Waals surface area contributed by atoms with Gasteiger partial charge in [0, 0.05) is 55.3 Å². The van der Waals surface area contributed by atoms with Gasteiger partial charge in [0.1, 0.15) is 6.07 Å². The highest BCUT2D eigenvalue weighted by Gasteiger charge is 2.28. The molecule has 0 aliphatic carbocycles. The lowest BCUT2D eigenvalue weighted by Gasteiger charge is -2.41. The van der Waals surface area contributed by atoms with Gasteiger partial charge in [-0.2, -0.15) is 5.26 Å². The lowest BCUT2D eigenvalue weighted by Crippen LogP contribution is -2.49. The van der Waals surface area contributed by atoms with Gasteiger partial charge < -0.3 is 25.0 Å². The molecule has 2 aliphatic heterocycles. The summed E-state index contributed by atoms with van der Waals surface area (Å²) in [6.07, 6.45) is 5.69. The third kappa shape index (κ3) is 5.55. The minimum atomic E-state index is -0.211. The summed E-state index contributed by atoms with van der Waals surface area (Å²) in [6.45, 7) is 5.25. The second-order valence-corrected chi connectivity index (χ2v) is 9.35. The zero-order valence-corrected chi connectivity index (χ0v) is 20.7. The van der Waals surface area contributed by atoms with Crippen LogP contribution >= 0.6 is 11.6 Å². The molecular formula is C27H30ClN5O3. The lowest BCUT2D eigenvalue weighted by molar-refractivity contribution is 0.0115. The number of para-hydroxylation sites is 1. The van der Waals surface area contributed by atoms with Crippen LogP contribution in [0.2, 0.25) is 5.02 Å². The van der Waals surface area contributed by atoms with Crippen LogP contribution in [0.15, 0.2) is 60.9 Å². The maximum atomic E-state index is 13.1. The van der Waals surface area contributed by atoms with Crippen LogP contribution in [0.4, 0.5) is 11.4 Å². The summed E-state index contributed by atoms with van der Waals surface area (Å²) in [6, 6.07) is 17.6. The average molecular weight is 508 g/mol. The molecule has 2 aliphatic rings. The SMILES string of the molecule is N#Cc1cccc(NC(=O)c2ccn(-c3ccc(Cl)cc3)c2)c1N1CCC(N2CCOCC2)CC1.O. The molecule has 188 valence electrons. The first-order chi connectivity index (χ1) is 17.1. The fourth-order valence-electron chi connectivity index (χ4n) is 4.97. The van der Waals surface area contributed by atoms with Crippen molar-refractivity contribution >= 4 is 28.9 Å². The number of ether oxygens (including phenoxy) is 1. The molecule has 5 rings (SSSR count). The number of benzene rings is 2. The van der Waals surface area contributed by atoms with Crippen LogP contribution in [0.5, 0.6) is 0 Å². The Hall–Kier alpha value is -3.35. The lowest BCUT2D eigenvalue weighted by atomic mass is 10.0. The summed E-state index contributed by atoms with van der Waals surface area (Å²) in [7, 11) is 0. The van der Waals surface area contributed by atoms with Gasteiger partial charge >= 0.3 is 0 Å². The van der Waals surface area contributed by atoms with E-state index in [0.29, 0.717) is 27.9 Å². The number of anilines is 2. The topological polar surface area (TPSA) is 105 Å². The fraction of sp³-hybridized carbons (Fsp3) is 0.333. The first-order valence-corrected chi connectivity index (χ1v) is 12.4. The van der Waals surface area contributed by atoms with Crippen molar-refractivity contribution in [3.63, 3.8) is 0 Å². The van der Waals surface area contributed by atoms with Crippen LogP contribution in [0.25, 0.3) is 5.69 Å². The number of hydrogen-bond donors (Lipinski definition) is 1. The van der Waals surface area contributed by atoms with E-state index in [-0.39, 0.29) is 11.4 Å². The van der Waals surface area contributed by atoms with E-state index < -0.39 is 0 Å². The van der Waals surface area contributed by atoms with Crippen LogP contribution in [0, 0.1) is 11.3 Å². The van der Waals surface area contributed by atoms with Gasteiger partial charge in [0.15, 0.2) is 0 Å². The molecule has 2 saturated heterocycles. The second-order valence-electron chi connectivity index (χ2n) is 8.92. The van der Waals surface area contributed by atoms with Gasteiger partial charge in [0.25, 0.3) is 5.91 Å². The summed E-state index contributed by atoms with van der Waals surface area (Å²) < 4.78 is 7.38. The van der Waals surface area contributed by atoms with E-state index in [1.165, 1.54) is 0 Å². The van der Waals surface area contributed by atoms with Gasteiger partial charge in [-0.15, -0.1) is 0 Å². The molecule has 1 aromatic heterocycles. The summed E-state index contributed by atoms with van der Waals surface area (Å²) >= 11 is 5.99. The Morgan fingerprint density at radius 2 is 1.75 bits per heavy atom. The van der Waals surface area contributed by atoms with Crippen LogP contribution in [-0.2, 0) is 4.74 Å². The number of rotatable bonds is 5. The molecule has 2 fully saturated rings. The van der Waals surface area contributed by atoms with Crippen LogP contribution < -0.4 is 10.2 Å². The third-order valence-corrected chi connectivity index (χ3v) is 7.08. The van der Waals surface area contributed by atoms with E-state index in [1.54, 1.807) is 12.3 Å². The van der Waals surface area contributed by atoms with E-state index in [1.807, 2.05) is 53.2 Å². The van der Waals surface area contributed by atoms with Crippen molar-refractivity contribution < 1.29 is 15.0 Å². The highest BCUT2D eigenvalue weighted by Crippen LogP contribution is 2.33. The largest absolute Gasteiger partial charge is 0.412 e. The molecule has 2 aromatic carbocycles. The number of nitrogens with zero attached hydrogens (tertiary/aromatic N) is 4. The molecule has 36 heavy (non-hydrogen) atoms. The highest BCUT2D eigenvalue weighted by molar-refractivity contribution is 6.30. The number of carbonyl (C=O) groups excluding carboxylic acids is 1. The van der Waals surface area contributed by atoms with Gasteiger partial charge in [-0.25, -0.2) is 0 Å². The van der Waals surface area contributed by atoms with Crippen molar-refractivity contribution in [2.45, 2.75) is 18.9 Å². The number of carbonyl (C=O) groups is 1. The Labute approximate surface area is 215 Å². The molecule has 3 aromatic rings. The van der Waals surface area contributed by atoms with E-state index in [9.17, 15) is 10.1 Å². The van der Waals surface area contributed by atoms with Crippen molar-refractivity contribution in [1.82, 2.24) is 9.47 Å². The molecule has 0 bridgehead atoms. The van der Waals surface area contributed by atoms with Crippen molar-refractivity contribution in [3.8, 4) is 11.8 Å². The van der Waals surface area contributed by atoms with E-state index in [2.05, 4.69) is 21.2 Å². The van der Waals surface area contributed by atoms with Crippen LogP contribution in [-0.4, -0.2) is 66.3 Å². The van der Waals surface area contributed by atoms with Gasteiger partial charge in [0.05, 0.1) is 35.7 Å². The van der Waals surface area contributed by atoms with Gasteiger partial charge in [-0.1, -0.05) is 17.7 Å². The number of hydrogen-bond acceptors (Lipinski definition) is 5. The Balaban J connectivity index is 0.00000304. The molecule has 0 radical (unpaired) electrons. The third-order valence-electron chi connectivity index (χ3n) is 6.83. The van der Waals surface area contributed by atoms with Crippen molar-refractivity contribution in [2.75, 3.05) is 49.6 Å². The molecule has 1 amide bonds. The highest BCUT2D eigenvalue weighted by atomic mass is 35.5. The maximum Gasteiger partial charge on any atom is 0.257 e. The maximum absolute atomic E-state index is 13.1. The number of aromatic nitrogens is 1. The molecule has 8 nitrogen and oxygen atoms in total. The number of amides is 1. The molecule has 0 atom stereocenters. The molecule has 0 unspecified atom stereocenters. The smallest absolute Gasteiger partial charge is 0.257 e. The first-order valence-electron chi connectivity index (χ1n) is 12.0. The monoisotopic (exact) mass is 507 g/mol. The molecule has 0 spiro atoms. The number of piperidine rings is 1. The average Bonchev–Trinajstić information content (AvgIpc) is 3.40. The Morgan fingerprint density at radius 3 is 2.44 bits per heavy atom. The second kappa shape index (κ2) is 11.6. The molecule has 0 saturated carbocycles. The fourth-order valence-corrected chi connectivity index (χ4v) is 5.10. The van der Waals surface area contributed by atoms with Crippen molar-refractivity contribution in [1.29, 1.82) is 5.26 Å². The van der Waals surface area contributed by atoms with Crippen LogP contribution in [0.3, 0.4) is 0 Å². The standard InChI is InChI=1S/C27H28ClN5O2.H2O/c28-22-4-6-23(7-5-22)33-11-8-21(19-33)27(34)30-25-3-1-2-20(18-29)26(25)32-12-9-24(10-13-32)31-14-16-35-17-15-31;/h1-8,11,19,24H,9-10,12-17H2,(H,30,34);1H2. The number of nitriles is 1. The van der Waals surface area contributed by atoms with E-state index in [4.69, 9.17) is 16.3 Å². The Morgan fingerprint density at radius 1 is 1.03 bits per heavy atom. The predicted molar refractivity (Wildman–Crippen MR) is 141 cm³/mol. The van der Waals surface area contributed by atoms with Crippen molar-refractivity contribution in [2.24, 2.45) is 0 Å². The van der Waals surface area contributed by atoms with Crippen molar-refractivity contribution in [3.05, 3.63) is 77.1 Å². The quantitative estimate of drug-likeness (QED) is 0.566. The summed E-state index contributed by atoms with van der Waals surface area (Å²) in [4.78, 5) is 17.9. The number of halogens is 1. The van der Waals surface area contributed by atoms with E-state index >= 15 is 0 Å². The zero-order valence-electron chi connectivity index (χ0n) is 20.0. The Kier molecular flexibility index (Phi) is 8.28. The van der Waals surface area contributed by atoms with Gasteiger partial charge in [-0.05, 0) is 55.3 Å². The first kappa shape index (κ1) is 25.7. The summed E-state index contributed by atoms with van der Waals surface area (Å²) in [5.41, 5.74) is 3.51. The van der Waals surface area contributed by atoms with Gasteiger partial charge in [-0.3, -0.25) is 9.69 Å².